The van der Waals surface area contributed by atoms with E-state index < -0.39 is 14.9 Å². The lowest BCUT2D eigenvalue weighted by atomic mass is 10.2. The third-order valence-electron chi connectivity index (χ3n) is 2.64. The second-order valence-electron chi connectivity index (χ2n) is 4.32. The number of rotatable bonds is 7. The van der Waals surface area contributed by atoms with Crippen LogP contribution in [-0.2, 0) is 10.0 Å². The van der Waals surface area contributed by atoms with Gasteiger partial charge in [0, 0.05) is 0 Å². The first-order valence-electron chi connectivity index (χ1n) is 6.41. The highest BCUT2D eigenvalue weighted by molar-refractivity contribution is 7.94. The van der Waals surface area contributed by atoms with Gasteiger partial charge in [0.1, 0.15) is 15.6 Å². The van der Waals surface area contributed by atoms with Crippen molar-refractivity contribution in [2.45, 2.75) is 17.6 Å². The van der Waals surface area contributed by atoms with Crippen LogP contribution in [0.2, 0.25) is 0 Å². The summed E-state index contributed by atoms with van der Waals surface area (Å²) in [6.07, 6.45) is 0.764. The molecule has 1 aromatic carbocycles. The van der Waals surface area contributed by atoms with Crippen molar-refractivity contribution in [2.75, 3.05) is 11.3 Å². The second kappa shape index (κ2) is 6.75. The summed E-state index contributed by atoms with van der Waals surface area (Å²) >= 11 is 1.03. The molecule has 0 radical (unpaired) electrons. The van der Waals surface area contributed by atoms with Crippen LogP contribution in [0.5, 0.6) is 5.75 Å². The van der Waals surface area contributed by atoms with E-state index in [0.717, 1.165) is 17.8 Å². The van der Waals surface area contributed by atoms with Gasteiger partial charge in [0.2, 0.25) is 0 Å². The molecule has 0 aliphatic heterocycles. The molecule has 1 heterocycles. The summed E-state index contributed by atoms with van der Waals surface area (Å²) in [4.78, 5) is 10.5. The van der Waals surface area contributed by atoms with Crippen LogP contribution in [0.4, 0.5) is 11.4 Å². The Morgan fingerprint density at radius 3 is 2.73 bits per heavy atom. The number of nitro groups is 1. The molecule has 0 saturated heterocycles. The zero-order valence-electron chi connectivity index (χ0n) is 11.7. The first-order chi connectivity index (χ1) is 10.4. The maximum atomic E-state index is 12.1. The molecule has 22 heavy (non-hydrogen) atoms. The Kier molecular flexibility index (Phi) is 4.99. The van der Waals surface area contributed by atoms with Crippen molar-refractivity contribution in [1.29, 1.82) is 0 Å². The summed E-state index contributed by atoms with van der Waals surface area (Å²) in [5, 5.41) is 12.8. The lowest BCUT2D eigenvalue weighted by Gasteiger charge is -2.09. The van der Waals surface area contributed by atoms with E-state index in [1.807, 2.05) is 6.92 Å². The zero-order valence-corrected chi connectivity index (χ0v) is 13.3. The van der Waals surface area contributed by atoms with Gasteiger partial charge >= 0.3 is 0 Å². The number of ether oxygens (including phenoxy) is 1. The molecule has 118 valence electrons. The molecule has 7 nitrogen and oxygen atoms in total. The Hall–Kier alpha value is -2.13. The predicted molar refractivity (Wildman–Crippen MR) is 84.0 cm³/mol. The van der Waals surface area contributed by atoms with E-state index in [1.165, 1.54) is 24.3 Å². The van der Waals surface area contributed by atoms with Gasteiger partial charge in [0.25, 0.3) is 15.7 Å². The molecule has 0 amide bonds. The number of benzene rings is 1. The number of anilines is 1. The Labute approximate surface area is 131 Å². The minimum absolute atomic E-state index is 0.0908. The smallest absolute Gasteiger partial charge is 0.297 e. The standard InChI is InChI=1S/C13H14N2O5S2/c1-2-7-20-10-5-6-11(12(9-10)15(16)17)14-22(18,19)13-4-3-8-21-13/h3-6,8-9,14H,2,7H2,1H3. The van der Waals surface area contributed by atoms with Crippen molar-refractivity contribution in [3.63, 3.8) is 0 Å². The minimum atomic E-state index is -3.83. The molecule has 2 aromatic rings. The average molecular weight is 342 g/mol. The van der Waals surface area contributed by atoms with Crippen LogP contribution in [0, 0.1) is 10.1 Å². The lowest BCUT2D eigenvalue weighted by molar-refractivity contribution is -0.384. The number of hydrogen-bond acceptors (Lipinski definition) is 6. The van der Waals surface area contributed by atoms with E-state index in [0.29, 0.717) is 12.4 Å². The fourth-order valence-electron chi connectivity index (χ4n) is 1.67. The van der Waals surface area contributed by atoms with Gasteiger partial charge in [0.05, 0.1) is 17.6 Å². The van der Waals surface area contributed by atoms with Crippen LogP contribution in [0.15, 0.2) is 39.9 Å². The van der Waals surface area contributed by atoms with Crippen LogP contribution < -0.4 is 9.46 Å². The van der Waals surface area contributed by atoms with Gasteiger partial charge in [-0.3, -0.25) is 14.8 Å². The van der Waals surface area contributed by atoms with E-state index in [4.69, 9.17) is 4.74 Å². The van der Waals surface area contributed by atoms with E-state index >= 15 is 0 Å². The Morgan fingerprint density at radius 1 is 1.36 bits per heavy atom. The normalized spacial score (nSPS) is 11.1. The van der Waals surface area contributed by atoms with Crippen molar-refractivity contribution in [2.24, 2.45) is 0 Å². The molecule has 0 bridgehead atoms. The Balaban J connectivity index is 2.33. The fraction of sp³-hybridized carbons (Fsp3) is 0.231. The highest BCUT2D eigenvalue weighted by Crippen LogP contribution is 2.31. The molecule has 0 unspecified atom stereocenters. The minimum Gasteiger partial charge on any atom is -0.493 e. The monoisotopic (exact) mass is 342 g/mol. The summed E-state index contributed by atoms with van der Waals surface area (Å²) in [6.45, 7) is 2.34. The number of sulfonamides is 1. The molecule has 0 fully saturated rings. The lowest BCUT2D eigenvalue weighted by Crippen LogP contribution is -2.12. The summed E-state index contributed by atoms with van der Waals surface area (Å²) < 4.78 is 31.9. The SMILES string of the molecule is CCCOc1ccc(NS(=O)(=O)c2cccs2)c([N+](=O)[O-])c1. The largest absolute Gasteiger partial charge is 0.493 e. The van der Waals surface area contributed by atoms with Crippen molar-refractivity contribution < 1.29 is 18.1 Å². The van der Waals surface area contributed by atoms with E-state index in [1.54, 1.807) is 11.4 Å². The molecule has 2 rings (SSSR count). The number of nitro benzene ring substituents is 1. The number of thiophene rings is 1. The van der Waals surface area contributed by atoms with E-state index in [-0.39, 0.29) is 15.6 Å². The average Bonchev–Trinajstić information content (AvgIpc) is 3.00. The van der Waals surface area contributed by atoms with Crippen molar-refractivity contribution in [1.82, 2.24) is 0 Å². The van der Waals surface area contributed by atoms with Crippen molar-refractivity contribution >= 4 is 32.7 Å². The number of hydrogen-bond donors (Lipinski definition) is 1. The van der Waals surface area contributed by atoms with Gasteiger partial charge in [-0.15, -0.1) is 11.3 Å². The summed E-state index contributed by atoms with van der Waals surface area (Å²) in [6, 6.07) is 7.05. The van der Waals surface area contributed by atoms with Crippen molar-refractivity contribution in [3.8, 4) is 5.75 Å². The highest BCUT2D eigenvalue weighted by atomic mass is 32.2. The number of nitrogens with zero attached hydrogens (tertiary/aromatic N) is 1. The van der Waals surface area contributed by atoms with Gasteiger partial charge in [-0.25, -0.2) is 8.42 Å². The molecule has 0 aliphatic carbocycles. The quantitative estimate of drug-likeness (QED) is 0.615. The maximum absolute atomic E-state index is 12.1. The maximum Gasteiger partial charge on any atom is 0.297 e. The molecular formula is C13H14N2O5S2. The van der Waals surface area contributed by atoms with Gasteiger partial charge < -0.3 is 4.74 Å². The van der Waals surface area contributed by atoms with Crippen LogP contribution in [0.25, 0.3) is 0 Å². The van der Waals surface area contributed by atoms with Crippen LogP contribution in [0.1, 0.15) is 13.3 Å². The van der Waals surface area contributed by atoms with E-state index in [9.17, 15) is 18.5 Å². The molecule has 0 aliphatic rings. The Bertz CT molecular complexity index is 757. The zero-order chi connectivity index (χ0) is 16.2. The van der Waals surface area contributed by atoms with Gasteiger partial charge in [0.15, 0.2) is 0 Å². The number of nitrogens with one attached hydrogen (secondary N) is 1. The molecule has 1 aromatic heterocycles. The molecule has 0 atom stereocenters. The highest BCUT2D eigenvalue weighted by Gasteiger charge is 2.22. The van der Waals surface area contributed by atoms with E-state index in [2.05, 4.69) is 4.72 Å². The van der Waals surface area contributed by atoms with Gasteiger partial charge in [-0.05, 0) is 30.0 Å². The molecule has 1 N–H and O–H groups in total. The second-order valence-corrected chi connectivity index (χ2v) is 7.18. The Morgan fingerprint density at radius 2 is 2.14 bits per heavy atom. The third kappa shape index (κ3) is 3.74. The van der Waals surface area contributed by atoms with Crippen LogP contribution in [0.3, 0.4) is 0 Å². The first kappa shape index (κ1) is 16.2. The summed E-state index contributed by atoms with van der Waals surface area (Å²) in [5.41, 5.74) is -0.448. The molecule has 9 heteroatoms. The predicted octanol–water partition coefficient (Wildman–Crippen LogP) is 3.25. The molecular weight excluding hydrogens is 328 g/mol. The molecule has 0 spiro atoms. The van der Waals surface area contributed by atoms with Gasteiger partial charge in [-0.1, -0.05) is 13.0 Å². The van der Waals surface area contributed by atoms with Crippen LogP contribution >= 0.6 is 11.3 Å². The topological polar surface area (TPSA) is 98.5 Å². The third-order valence-corrected chi connectivity index (χ3v) is 5.41. The van der Waals surface area contributed by atoms with Crippen LogP contribution in [-0.4, -0.2) is 19.9 Å². The summed E-state index contributed by atoms with van der Waals surface area (Å²) in [7, 11) is -3.83. The fourth-order valence-corrected chi connectivity index (χ4v) is 3.74. The van der Waals surface area contributed by atoms with Crippen molar-refractivity contribution in [3.05, 3.63) is 45.8 Å². The first-order valence-corrected chi connectivity index (χ1v) is 8.78. The summed E-state index contributed by atoms with van der Waals surface area (Å²) in [5.74, 6) is 0.327. The van der Waals surface area contributed by atoms with Gasteiger partial charge in [-0.2, -0.15) is 0 Å². The molecule has 0 saturated carbocycles.